The number of para-hydroxylation sites is 1. The van der Waals surface area contributed by atoms with Crippen molar-refractivity contribution < 1.29 is 19.2 Å². The topological polar surface area (TPSA) is 131 Å². The minimum Gasteiger partial charge on any atom is -0.342 e. The number of nitriles is 1. The van der Waals surface area contributed by atoms with Gasteiger partial charge >= 0.3 is 0 Å². The number of carbonyl (C=O) groups is 4. The van der Waals surface area contributed by atoms with Crippen LogP contribution in [0.3, 0.4) is 0 Å². The third-order valence-corrected chi connectivity index (χ3v) is 10.5. The van der Waals surface area contributed by atoms with Crippen molar-refractivity contribution in [1.82, 2.24) is 15.5 Å². The zero-order valence-electron chi connectivity index (χ0n) is 27.8. The third kappa shape index (κ3) is 7.07. The number of nitrogens with zero attached hydrogens (tertiary/aromatic N) is 2. The molecule has 3 N–H and O–H groups in total. The van der Waals surface area contributed by atoms with E-state index in [1.54, 1.807) is 0 Å². The smallest absolute Gasteiger partial charge is 0.251 e. The Labute approximate surface area is 277 Å². The van der Waals surface area contributed by atoms with Crippen molar-refractivity contribution >= 4 is 29.3 Å². The summed E-state index contributed by atoms with van der Waals surface area (Å²) >= 11 is 0. The van der Waals surface area contributed by atoms with E-state index in [0.29, 0.717) is 35.9 Å². The minimum atomic E-state index is -1.02. The van der Waals surface area contributed by atoms with Crippen LogP contribution >= 0.6 is 0 Å². The molecule has 3 fully saturated rings. The molecule has 1 saturated heterocycles. The number of rotatable bonds is 9. The third-order valence-electron chi connectivity index (χ3n) is 10.5. The Balaban J connectivity index is 1.19. The van der Waals surface area contributed by atoms with Gasteiger partial charge in [0.2, 0.25) is 17.7 Å². The Bertz CT molecular complexity index is 1560. The van der Waals surface area contributed by atoms with E-state index in [1.165, 1.54) is 42.6 Å². The second-order valence-corrected chi connectivity index (χ2v) is 15.4. The van der Waals surface area contributed by atoms with Gasteiger partial charge in [-0.25, -0.2) is 0 Å². The van der Waals surface area contributed by atoms with Crippen LogP contribution < -0.4 is 16.0 Å². The number of carbonyl (C=O) groups excluding carboxylic acids is 4. The number of fused-ring (bicyclic) bond motifs is 2. The second-order valence-electron chi connectivity index (χ2n) is 15.4. The molecule has 47 heavy (non-hydrogen) atoms. The van der Waals surface area contributed by atoms with E-state index in [2.05, 4.69) is 22.0 Å². The van der Waals surface area contributed by atoms with E-state index < -0.39 is 29.4 Å². The summed E-state index contributed by atoms with van der Waals surface area (Å²) < 4.78 is 0. The molecular weight excluding hydrogens is 590 g/mol. The summed E-state index contributed by atoms with van der Waals surface area (Å²) in [4.78, 5) is 56.4. The molecule has 2 aliphatic heterocycles. The van der Waals surface area contributed by atoms with Crippen molar-refractivity contribution in [3.63, 3.8) is 0 Å². The number of hydrogen-bond donors (Lipinski definition) is 3. The van der Waals surface area contributed by atoms with E-state index in [4.69, 9.17) is 0 Å². The number of anilines is 1. The van der Waals surface area contributed by atoms with Gasteiger partial charge in [0.05, 0.1) is 11.5 Å². The zero-order chi connectivity index (χ0) is 33.3. The van der Waals surface area contributed by atoms with Gasteiger partial charge < -0.3 is 20.9 Å². The Morgan fingerprint density at radius 2 is 1.68 bits per heavy atom. The second kappa shape index (κ2) is 13.1. The van der Waals surface area contributed by atoms with Crippen LogP contribution in [0.5, 0.6) is 0 Å². The molecule has 248 valence electrons. The monoisotopic (exact) mass is 637 g/mol. The lowest BCUT2D eigenvalue weighted by molar-refractivity contribution is -0.138. The zero-order valence-corrected chi connectivity index (χ0v) is 27.8. The first-order chi connectivity index (χ1) is 22.5. The van der Waals surface area contributed by atoms with Crippen molar-refractivity contribution in [2.45, 2.75) is 114 Å². The first-order valence-electron chi connectivity index (χ1n) is 17.3. The Kier molecular flexibility index (Phi) is 9.15. The van der Waals surface area contributed by atoms with E-state index in [9.17, 15) is 24.4 Å². The quantitative estimate of drug-likeness (QED) is 0.331. The molecule has 2 aromatic rings. The maximum absolute atomic E-state index is 14.3. The largest absolute Gasteiger partial charge is 0.342 e. The molecule has 2 saturated carbocycles. The number of benzene rings is 2. The van der Waals surface area contributed by atoms with Crippen molar-refractivity contribution in [2.75, 3.05) is 11.9 Å². The fraction of sp³-hybridized carbons (Fsp3) is 0.553. The van der Waals surface area contributed by atoms with Gasteiger partial charge in [-0.3, -0.25) is 19.2 Å². The van der Waals surface area contributed by atoms with E-state index in [-0.39, 0.29) is 36.1 Å². The summed E-state index contributed by atoms with van der Waals surface area (Å²) in [5.41, 5.74) is 1.91. The molecule has 2 aliphatic carbocycles. The lowest BCUT2D eigenvalue weighted by atomic mass is 9.80. The molecule has 9 heteroatoms. The molecule has 6 rings (SSSR count). The summed E-state index contributed by atoms with van der Waals surface area (Å²) in [5.74, 6) is -0.433. The predicted octanol–water partition coefficient (Wildman–Crippen LogP) is 5.57. The average Bonchev–Trinajstić information content (AvgIpc) is 3.73. The van der Waals surface area contributed by atoms with Crippen LogP contribution in [-0.4, -0.2) is 53.2 Å². The first kappa shape index (κ1) is 32.7. The highest BCUT2D eigenvalue weighted by Gasteiger charge is 2.56. The van der Waals surface area contributed by atoms with Gasteiger partial charge in [-0.1, -0.05) is 83.2 Å². The molecule has 1 spiro atoms. The van der Waals surface area contributed by atoms with Crippen LogP contribution in [0, 0.1) is 22.7 Å². The summed E-state index contributed by atoms with van der Waals surface area (Å²) in [6.45, 7) is 6.04. The standard InChI is InChI=1S/C38H47N5O4/c1-37(2,3)21-32(35(46)43-23-38(20-28(43)22-39)29-11-7-8-12-30(29)42-36(38)47)41-34(45)31(19-24-13-14-24)40-33(44)27-17-15-26(16-18-27)25-9-5-4-6-10-25/h7-8,11-12,15-18,24-25,28,31-32H,4-6,9-10,13-14,19-21,23H2,1-3H3,(H,40,44)(H,41,45)(H,42,47)/t28-,31-,32-,38-/m0/s1. The van der Waals surface area contributed by atoms with Crippen LogP contribution in [0.25, 0.3) is 0 Å². The van der Waals surface area contributed by atoms with Gasteiger partial charge in [0.25, 0.3) is 5.91 Å². The lowest BCUT2D eigenvalue weighted by Gasteiger charge is -2.32. The van der Waals surface area contributed by atoms with Crippen molar-refractivity contribution in [1.29, 1.82) is 5.26 Å². The minimum absolute atomic E-state index is 0.0580. The van der Waals surface area contributed by atoms with Crippen molar-refractivity contribution in [3.05, 3.63) is 65.2 Å². The SMILES string of the molecule is CC(C)(C)C[C@H](NC(=O)[C@H](CC1CC1)NC(=O)c1ccc(C2CCCCC2)cc1)C(=O)N1C[C@]2(C[C@H]1C#N)C(=O)Nc1ccccc12. The summed E-state index contributed by atoms with van der Waals surface area (Å²) in [6, 6.07) is 14.9. The fourth-order valence-corrected chi connectivity index (χ4v) is 7.77. The van der Waals surface area contributed by atoms with Gasteiger partial charge in [-0.05, 0) is 72.3 Å². The molecule has 0 aromatic heterocycles. The molecular formula is C38H47N5O4. The van der Waals surface area contributed by atoms with E-state index in [1.807, 2.05) is 69.3 Å². The normalized spacial score (nSPS) is 23.8. The fourth-order valence-electron chi connectivity index (χ4n) is 7.77. The molecule has 0 bridgehead atoms. The summed E-state index contributed by atoms with van der Waals surface area (Å²) in [6.07, 6.45) is 9.14. The van der Waals surface area contributed by atoms with Crippen LogP contribution in [0.2, 0.25) is 0 Å². The predicted molar refractivity (Wildman–Crippen MR) is 179 cm³/mol. The van der Waals surface area contributed by atoms with E-state index >= 15 is 0 Å². The van der Waals surface area contributed by atoms with Gasteiger partial charge in [0, 0.05) is 24.2 Å². The number of amides is 4. The molecule has 0 unspecified atom stereocenters. The average molecular weight is 638 g/mol. The van der Waals surface area contributed by atoms with Gasteiger partial charge in [0.15, 0.2) is 0 Å². The molecule has 2 aromatic carbocycles. The van der Waals surface area contributed by atoms with Crippen molar-refractivity contribution in [2.24, 2.45) is 11.3 Å². The summed E-state index contributed by atoms with van der Waals surface area (Å²) in [5, 5.41) is 19.0. The molecule has 2 heterocycles. The first-order valence-corrected chi connectivity index (χ1v) is 17.3. The molecule has 9 nitrogen and oxygen atoms in total. The number of nitrogens with one attached hydrogen (secondary N) is 3. The van der Waals surface area contributed by atoms with Gasteiger partial charge in [-0.2, -0.15) is 5.26 Å². The maximum atomic E-state index is 14.3. The van der Waals surface area contributed by atoms with E-state index in [0.717, 1.165) is 18.4 Å². The van der Waals surface area contributed by atoms with Gasteiger partial charge in [-0.15, -0.1) is 0 Å². The highest BCUT2D eigenvalue weighted by molar-refractivity contribution is 6.07. The molecule has 0 radical (unpaired) electrons. The molecule has 4 aliphatic rings. The Morgan fingerprint density at radius 1 is 0.979 bits per heavy atom. The number of likely N-dealkylation sites (tertiary alicyclic amines) is 1. The van der Waals surface area contributed by atoms with Crippen LogP contribution in [-0.2, 0) is 19.8 Å². The molecule has 4 atom stereocenters. The van der Waals surface area contributed by atoms with Gasteiger partial charge in [0.1, 0.15) is 18.1 Å². The Hall–Kier alpha value is -4.19. The lowest BCUT2D eigenvalue weighted by Crippen LogP contribution is -2.56. The number of hydrogen-bond acceptors (Lipinski definition) is 5. The van der Waals surface area contributed by atoms with Crippen molar-refractivity contribution in [3.8, 4) is 6.07 Å². The maximum Gasteiger partial charge on any atom is 0.251 e. The van der Waals surface area contributed by atoms with Crippen LogP contribution in [0.15, 0.2) is 48.5 Å². The Morgan fingerprint density at radius 3 is 2.34 bits per heavy atom. The highest BCUT2D eigenvalue weighted by Crippen LogP contribution is 2.46. The van der Waals surface area contributed by atoms with Crippen LogP contribution in [0.4, 0.5) is 5.69 Å². The highest BCUT2D eigenvalue weighted by atomic mass is 16.2. The summed E-state index contributed by atoms with van der Waals surface area (Å²) in [7, 11) is 0. The van der Waals surface area contributed by atoms with Crippen LogP contribution in [0.1, 0.15) is 112 Å². The molecule has 4 amide bonds.